The molecule has 0 spiro atoms. The fraction of sp³-hybridized carbons (Fsp3) is 0.0588. The van der Waals surface area contributed by atoms with Crippen LogP contribution in [-0.4, -0.2) is 10.1 Å². The Balaban J connectivity index is 1.80. The third kappa shape index (κ3) is 2.21. The van der Waals surface area contributed by atoms with Crippen molar-refractivity contribution in [3.8, 4) is 22.2 Å². The topological polar surface area (TPSA) is 38.9 Å². The third-order valence-corrected chi connectivity index (χ3v) is 5.13. The number of thiophene rings is 1. The molecule has 22 heavy (non-hydrogen) atoms. The molecule has 0 atom stereocenters. The third-order valence-electron chi connectivity index (χ3n) is 3.46. The Morgan fingerprint density at radius 1 is 1.05 bits per heavy atom. The SMILES string of the molecule is Cc1ccc(-c2noc(-c3sc4ccccc4c3Cl)n2)cc1. The van der Waals surface area contributed by atoms with Gasteiger partial charge in [0.2, 0.25) is 5.82 Å². The van der Waals surface area contributed by atoms with Crippen LogP contribution in [0.2, 0.25) is 5.02 Å². The molecular weight excluding hydrogens is 316 g/mol. The van der Waals surface area contributed by atoms with E-state index in [0.717, 1.165) is 20.5 Å². The zero-order chi connectivity index (χ0) is 15.1. The first kappa shape index (κ1) is 13.5. The number of hydrogen-bond donors (Lipinski definition) is 0. The second-order valence-electron chi connectivity index (χ2n) is 5.03. The van der Waals surface area contributed by atoms with Crippen molar-refractivity contribution < 1.29 is 4.52 Å². The fourth-order valence-corrected chi connectivity index (χ4v) is 3.72. The lowest BCUT2D eigenvalue weighted by atomic mass is 10.1. The van der Waals surface area contributed by atoms with Gasteiger partial charge >= 0.3 is 0 Å². The molecular formula is C17H11ClN2OS. The highest BCUT2D eigenvalue weighted by Crippen LogP contribution is 2.41. The molecule has 108 valence electrons. The van der Waals surface area contributed by atoms with Crippen molar-refractivity contribution in [1.82, 2.24) is 10.1 Å². The molecule has 0 N–H and O–H groups in total. The Labute approximate surface area is 136 Å². The zero-order valence-electron chi connectivity index (χ0n) is 11.7. The summed E-state index contributed by atoms with van der Waals surface area (Å²) in [5.74, 6) is 1.03. The maximum absolute atomic E-state index is 6.45. The molecule has 0 aliphatic carbocycles. The normalized spacial score (nSPS) is 11.2. The molecule has 0 fully saturated rings. The maximum Gasteiger partial charge on any atom is 0.269 e. The second kappa shape index (κ2) is 5.23. The van der Waals surface area contributed by atoms with Crippen LogP contribution in [0.1, 0.15) is 5.56 Å². The van der Waals surface area contributed by atoms with Crippen molar-refractivity contribution in [2.24, 2.45) is 0 Å². The van der Waals surface area contributed by atoms with Gasteiger partial charge in [0.05, 0.1) is 5.02 Å². The average Bonchev–Trinajstić information content (AvgIpc) is 3.14. The lowest BCUT2D eigenvalue weighted by Crippen LogP contribution is -1.81. The number of rotatable bonds is 2. The van der Waals surface area contributed by atoms with Crippen molar-refractivity contribution in [1.29, 1.82) is 0 Å². The lowest BCUT2D eigenvalue weighted by molar-refractivity contribution is 0.433. The molecule has 2 aromatic heterocycles. The van der Waals surface area contributed by atoms with Crippen LogP contribution in [0.4, 0.5) is 0 Å². The Morgan fingerprint density at radius 3 is 2.59 bits per heavy atom. The van der Waals surface area contributed by atoms with Gasteiger partial charge in [-0.05, 0) is 13.0 Å². The molecule has 3 nitrogen and oxygen atoms in total. The number of nitrogens with zero attached hydrogens (tertiary/aromatic N) is 2. The predicted octanol–water partition coefficient (Wildman–Crippen LogP) is 5.58. The van der Waals surface area contributed by atoms with Crippen molar-refractivity contribution in [2.75, 3.05) is 0 Å². The smallest absolute Gasteiger partial charge is 0.269 e. The standard InChI is InChI=1S/C17H11ClN2OS/c1-10-6-8-11(9-7-10)16-19-17(21-20-16)15-14(18)12-4-2-3-5-13(12)22-15/h2-9H,1H3. The van der Waals surface area contributed by atoms with Gasteiger partial charge in [0.15, 0.2) is 0 Å². The first-order valence-electron chi connectivity index (χ1n) is 6.80. The predicted molar refractivity (Wildman–Crippen MR) is 90.3 cm³/mol. The molecule has 0 saturated heterocycles. The number of aryl methyl sites for hydroxylation is 1. The first-order chi connectivity index (χ1) is 10.7. The lowest BCUT2D eigenvalue weighted by Gasteiger charge is -1.94. The largest absolute Gasteiger partial charge is 0.333 e. The summed E-state index contributed by atoms with van der Waals surface area (Å²) in [4.78, 5) is 5.30. The highest BCUT2D eigenvalue weighted by Gasteiger charge is 2.18. The van der Waals surface area contributed by atoms with Crippen molar-refractivity contribution >= 4 is 33.0 Å². The second-order valence-corrected chi connectivity index (χ2v) is 6.46. The van der Waals surface area contributed by atoms with E-state index in [1.54, 1.807) is 11.3 Å². The van der Waals surface area contributed by atoms with Gasteiger partial charge in [0, 0.05) is 15.6 Å². The molecule has 2 aromatic carbocycles. The van der Waals surface area contributed by atoms with Crippen molar-refractivity contribution in [3.05, 3.63) is 59.1 Å². The highest BCUT2D eigenvalue weighted by molar-refractivity contribution is 7.23. The maximum atomic E-state index is 6.45. The minimum Gasteiger partial charge on any atom is -0.333 e. The van der Waals surface area contributed by atoms with Gasteiger partial charge < -0.3 is 4.52 Å². The van der Waals surface area contributed by atoms with Gasteiger partial charge in [-0.1, -0.05) is 64.8 Å². The van der Waals surface area contributed by atoms with E-state index in [0.29, 0.717) is 16.7 Å². The molecule has 0 aliphatic heterocycles. The van der Waals surface area contributed by atoms with E-state index in [-0.39, 0.29) is 0 Å². The van der Waals surface area contributed by atoms with Gasteiger partial charge in [-0.3, -0.25) is 0 Å². The first-order valence-corrected chi connectivity index (χ1v) is 8.00. The molecule has 0 amide bonds. The Morgan fingerprint density at radius 2 is 1.82 bits per heavy atom. The number of benzene rings is 2. The Hall–Kier alpha value is -2.17. The molecule has 5 heteroatoms. The Kier molecular flexibility index (Phi) is 3.21. The van der Waals surface area contributed by atoms with E-state index in [9.17, 15) is 0 Å². The summed E-state index contributed by atoms with van der Waals surface area (Å²) in [5.41, 5.74) is 2.12. The Bertz CT molecular complexity index is 956. The summed E-state index contributed by atoms with van der Waals surface area (Å²) in [7, 11) is 0. The summed E-state index contributed by atoms with van der Waals surface area (Å²) >= 11 is 8.01. The molecule has 4 rings (SSSR count). The summed E-state index contributed by atoms with van der Waals surface area (Å²) in [5, 5.41) is 5.75. The van der Waals surface area contributed by atoms with Crippen LogP contribution in [0.15, 0.2) is 53.1 Å². The molecule has 0 bridgehead atoms. The molecule has 0 aliphatic rings. The molecule has 0 unspecified atom stereocenters. The van der Waals surface area contributed by atoms with Crippen LogP contribution < -0.4 is 0 Å². The number of fused-ring (bicyclic) bond motifs is 1. The number of hydrogen-bond acceptors (Lipinski definition) is 4. The van der Waals surface area contributed by atoms with Crippen LogP contribution in [0.3, 0.4) is 0 Å². The minimum absolute atomic E-state index is 0.460. The van der Waals surface area contributed by atoms with E-state index in [1.807, 2.05) is 55.5 Å². The van der Waals surface area contributed by atoms with E-state index in [4.69, 9.17) is 16.1 Å². The van der Waals surface area contributed by atoms with E-state index in [1.165, 1.54) is 5.56 Å². The quantitative estimate of drug-likeness (QED) is 0.482. The summed E-state index contributed by atoms with van der Waals surface area (Å²) in [6.07, 6.45) is 0. The minimum atomic E-state index is 0.460. The number of aromatic nitrogens is 2. The van der Waals surface area contributed by atoms with Crippen LogP contribution in [0, 0.1) is 6.92 Å². The number of halogens is 1. The van der Waals surface area contributed by atoms with Crippen LogP contribution in [-0.2, 0) is 0 Å². The molecule has 2 heterocycles. The average molecular weight is 327 g/mol. The zero-order valence-corrected chi connectivity index (χ0v) is 13.3. The fourth-order valence-electron chi connectivity index (χ4n) is 2.29. The van der Waals surface area contributed by atoms with Gasteiger partial charge in [0.1, 0.15) is 4.88 Å². The molecule has 4 aromatic rings. The van der Waals surface area contributed by atoms with Crippen LogP contribution >= 0.6 is 22.9 Å². The van der Waals surface area contributed by atoms with Crippen molar-refractivity contribution in [2.45, 2.75) is 6.92 Å². The van der Waals surface area contributed by atoms with Crippen LogP contribution in [0.5, 0.6) is 0 Å². The van der Waals surface area contributed by atoms with E-state index >= 15 is 0 Å². The van der Waals surface area contributed by atoms with E-state index < -0.39 is 0 Å². The molecule has 0 saturated carbocycles. The van der Waals surface area contributed by atoms with Crippen LogP contribution in [0.25, 0.3) is 32.2 Å². The van der Waals surface area contributed by atoms with Crippen molar-refractivity contribution in [3.63, 3.8) is 0 Å². The van der Waals surface area contributed by atoms with Gasteiger partial charge in [-0.2, -0.15) is 4.98 Å². The van der Waals surface area contributed by atoms with Gasteiger partial charge in [-0.15, -0.1) is 11.3 Å². The van der Waals surface area contributed by atoms with Gasteiger partial charge in [0.25, 0.3) is 5.89 Å². The summed E-state index contributed by atoms with van der Waals surface area (Å²) < 4.78 is 6.52. The summed E-state index contributed by atoms with van der Waals surface area (Å²) in [6.45, 7) is 2.04. The highest BCUT2D eigenvalue weighted by atomic mass is 35.5. The van der Waals surface area contributed by atoms with E-state index in [2.05, 4.69) is 10.1 Å². The summed E-state index contributed by atoms with van der Waals surface area (Å²) in [6, 6.07) is 16.0. The monoisotopic (exact) mass is 326 g/mol. The van der Waals surface area contributed by atoms with Gasteiger partial charge in [-0.25, -0.2) is 0 Å². The molecule has 0 radical (unpaired) electrons.